The van der Waals surface area contributed by atoms with E-state index in [1.54, 1.807) is 27.4 Å². The van der Waals surface area contributed by atoms with Gasteiger partial charge in [-0.3, -0.25) is 4.79 Å². The fourth-order valence-corrected chi connectivity index (χ4v) is 2.64. The van der Waals surface area contributed by atoms with Crippen molar-refractivity contribution in [3.8, 4) is 17.2 Å². The molecule has 0 aliphatic carbocycles. The summed E-state index contributed by atoms with van der Waals surface area (Å²) in [7, 11) is 4.67. The zero-order valence-corrected chi connectivity index (χ0v) is 13.2. The van der Waals surface area contributed by atoms with Crippen molar-refractivity contribution in [2.75, 3.05) is 26.6 Å². The molecule has 1 amide bonds. The van der Waals surface area contributed by atoms with Crippen LogP contribution in [-0.2, 0) is 0 Å². The second-order valence-corrected chi connectivity index (χ2v) is 5.06. The van der Waals surface area contributed by atoms with Crippen LogP contribution in [0.2, 0.25) is 0 Å². The number of hydrogen-bond donors (Lipinski definition) is 2. The maximum Gasteiger partial charge on any atom is 0.255 e. The number of anilines is 1. The molecule has 1 heterocycles. The summed E-state index contributed by atoms with van der Waals surface area (Å²) >= 11 is 0. The van der Waals surface area contributed by atoms with Gasteiger partial charge in [-0.2, -0.15) is 0 Å². The van der Waals surface area contributed by atoms with Crippen LogP contribution in [0.5, 0.6) is 17.2 Å². The van der Waals surface area contributed by atoms with Gasteiger partial charge >= 0.3 is 0 Å². The van der Waals surface area contributed by atoms with E-state index in [1.807, 2.05) is 30.3 Å². The number of nitrogens with one attached hydrogen (secondary N) is 2. The first-order chi connectivity index (χ1) is 11.2. The third kappa shape index (κ3) is 2.63. The standard InChI is InChI=1S/C17H18N2O4/c1-21-13-8-10(9-14(22-2)15(13)23-3)16-18-12-7-5-4-6-11(12)17(20)19-16/h4-9,16,18H,1-3H3,(H,19,20)/t16-/m1/s1. The molecule has 0 saturated heterocycles. The molecule has 1 aliphatic heterocycles. The van der Waals surface area contributed by atoms with E-state index in [2.05, 4.69) is 10.6 Å². The Bertz CT molecular complexity index is 720. The van der Waals surface area contributed by atoms with Gasteiger partial charge in [0.25, 0.3) is 5.91 Å². The van der Waals surface area contributed by atoms with E-state index in [0.29, 0.717) is 22.8 Å². The summed E-state index contributed by atoms with van der Waals surface area (Å²) in [4.78, 5) is 12.3. The summed E-state index contributed by atoms with van der Waals surface area (Å²) < 4.78 is 16.0. The van der Waals surface area contributed by atoms with Gasteiger partial charge in [0, 0.05) is 11.3 Å². The number of methoxy groups -OCH3 is 3. The fraction of sp³-hybridized carbons (Fsp3) is 0.235. The van der Waals surface area contributed by atoms with Crippen molar-refractivity contribution < 1.29 is 19.0 Å². The van der Waals surface area contributed by atoms with Gasteiger partial charge in [-0.25, -0.2) is 0 Å². The van der Waals surface area contributed by atoms with Crippen LogP contribution in [0.4, 0.5) is 5.69 Å². The molecule has 0 saturated carbocycles. The Morgan fingerprint density at radius 2 is 1.57 bits per heavy atom. The summed E-state index contributed by atoms with van der Waals surface area (Å²) in [5.74, 6) is 1.47. The Kier molecular flexibility index (Phi) is 3.97. The first-order valence-corrected chi connectivity index (χ1v) is 7.14. The summed E-state index contributed by atoms with van der Waals surface area (Å²) in [5.41, 5.74) is 2.22. The molecule has 120 valence electrons. The second kappa shape index (κ2) is 6.08. The first kappa shape index (κ1) is 15.0. The number of ether oxygens (including phenoxy) is 3. The maximum absolute atomic E-state index is 12.3. The SMILES string of the molecule is COc1cc([C@H]2NC(=O)c3ccccc3N2)cc(OC)c1OC. The number of rotatable bonds is 4. The molecular formula is C17H18N2O4. The van der Waals surface area contributed by atoms with Crippen LogP contribution in [0.15, 0.2) is 36.4 Å². The van der Waals surface area contributed by atoms with Gasteiger partial charge in [-0.15, -0.1) is 0 Å². The van der Waals surface area contributed by atoms with Crippen LogP contribution in [0, 0.1) is 0 Å². The molecule has 0 spiro atoms. The van der Waals surface area contributed by atoms with E-state index in [4.69, 9.17) is 14.2 Å². The van der Waals surface area contributed by atoms with Gasteiger partial charge < -0.3 is 24.8 Å². The van der Waals surface area contributed by atoms with E-state index >= 15 is 0 Å². The topological polar surface area (TPSA) is 68.8 Å². The van der Waals surface area contributed by atoms with Crippen LogP contribution in [0.3, 0.4) is 0 Å². The lowest BCUT2D eigenvalue weighted by Crippen LogP contribution is -2.38. The van der Waals surface area contributed by atoms with Crippen molar-refractivity contribution >= 4 is 11.6 Å². The summed E-state index contributed by atoms with van der Waals surface area (Å²) in [6, 6.07) is 11.0. The Hall–Kier alpha value is -2.89. The number of carbonyl (C=O) groups excluding carboxylic acids is 1. The molecule has 6 nitrogen and oxygen atoms in total. The Morgan fingerprint density at radius 1 is 0.913 bits per heavy atom. The molecule has 0 fully saturated rings. The summed E-state index contributed by atoms with van der Waals surface area (Å²) in [6.45, 7) is 0. The van der Waals surface area contributed by atoms with Gasteiger partial charge in [-0.1, -0.05) is 12.1 Å². The van der Waals surface area contributed by atoms with E-state index in [9.17, 15) is 4.79 Å². The highest BCUT2D eigenvalue weighted by atomic mass is 16.5. The van der Waals surface area contributed by atoms with E-state index in [1.165, 1.54) is 0 Å². The monoisotopic (exact) mass is 314 g/mol. The molecule has 1 atom stereocenters. The molecule has 0 unspecified atom stereocenters. The van der Waals surface area contributed by atoms with Gasteiger partial charge in [0.15, 0.2) is 11.5 Å². The highest BCUT2D eigenvalue weighted by Gasteiger charge is 2.26. The normalized spacial score (nSPS) is 16.0. The average molecular weight is 314 g/mol. The Labute approximate surface area is 134 Å². The highest BCUT2D eigenvalue weighted by molar-refractivity contribution is 6.01. The summed E-state index contributed by atoms with van der Waals surface area (Å²) in [5, 5.41) is 6.23. The predicted molar refractivity (Wildman–Crippen MR) is 86.4 cm³/mol. The van der Waals surface area contributed by atoms with E-state index in [-0.39, 0.29) is 12.1 Å². The molecular weight excluding hydrogens is 296 g/mol. The minimum atomic E-state index is -0.383. The van der Waals surface area contributed by atoms with Crippen LogP contribution in [0.1, 0.15) is 22.1 Å². The van der Waals surface area contributed by atoms with E-state index in [0.717, 1.165) is 11.3 Å². The number of para-hydroxylation sites is 1. The van der Waals surface area contributed by atoms with Crippen molar-refractivity contribution in [3.63, 3.8) is 0 Å². The van der Waals surface area contributed by atoms with Crippen molar-refractivity contribution in [1.29, 1.82) is 0 Å². The lowest BCUT2D eigenvalue weighted by molar-refractivity contribution is 0.0935. The minimum absolute atomic E-state index is 0.127. The third-order valence-corrected chi connectivity index (χ3v) is 3.77. The predicted octanol–water partition coefficient (Wildman–Crippen LogP) is 2.57. The molecule has 6 heteroatoms. The van der Waals surface area contributed by atoms with Crippen molar-refractivity contribution in [2.45, 2.75) is 6.17 Å². The molecule has 0 bridgehead atoms. The molecule has 2 N–H and O–H groups in total. The average Bonchev–Trinajstić information content (AvgIpc) is 2.60. The minimum Gasteiger partial charge on any atom is -0.493 e. The van der Waals surface area contributed by atoms with Crippen LogP contribution in [-0.4, -0.2) is 27.2 Å². The fourth-order valence-electron chi connectivity index (χ4n) is 2.64. The van der Waals surface area contributed by atoms with Crippen molar-refractivity contribution in [1.82, 2.24) is 5.32 Å². The number of carbonyl (C=O) groups is 1. The lowest BCUT2D eigenvalue weighted by atomic mass is 10.0. The lowest BCUT2D eigenvalue weighted by Gasteiger charge is -2.28. The second-order valence-electron chi connectivity index (χ2n) is 5.06. The van der Waals surface area contributed by atoms with Crippen molar-refractivity contribution in [2.24, 2.45) is 0 Å². The molecule has 0 aromatic heterocycles. The quantitative estimate of drug-likeness (QED) is 0.908. The maximum atomic E-state index is 12.3. The van der Waals surface area contributed by atoms with Gasteiger partial charge in [0.2, 0.25) is 5.75 Å². The van der Waals surface area contributed by atoms with Crippen LogP contribution < -0.4 is 24.8 Å². The first-order valence-electron chi connectivity index (χ1n) is 7.14. The van der Waals surface area contributed by atoms with Gasteiger partial charge in [0.1, 0.15) is 6.17 Å². The molecule has 2 aromatic rings. The molecule has 1 aliphatic rings. The van der Waals surface area contributed by atoms with Crippen LogP contribution in [0.25, 0.3) is 0 Å². The third-order valence-electron chi connectivity index (χ3n) is 3.77. The molecule has 3 rings (SSSR count). The van der Waals surface area contributed by atoms with Gasteiger partial charge in [0.05, 0.1) is 26.9 Å². The van der Waals surface area contributed by atoms with E-state index < -0.39 is 0 Å². The summed E-state index contributed by atoms with van der Waals surface area (Å²) in [6.07, 6.45) is -0.383. The molecule has 2 aromatic carbocycles. The zero-order valence-electron chi connectivity index (χ0n) is 13.2. The number of benzene rings is 2. The number of amides is 1. The van der Waals surface area contributed by atoms with Crippen molar-refractivity contribution in [3.05, 3.63) is 47.5 Å². The largest absolute Gasteiger partial charge is 0.493 e. The Morgan fingerprint density at radius 3 is 2.17 bits per heavy atom. The highest BCUT2D eigenvalue weighted by Crippen LogP contribution is 2.40. The number of fused-ring (bicyclic) bond motifs is 1. The van der Waals surface area contributed by atoms with Crippen LogP contribution >= 0.6 is 0 Å². The number of hydrogen-bond acceptors (Lipinski definition) is 5. The smallest absolute Gasteiger partial charge is 0.255 e. The van der Waals surface area contributed by atoms with Gasteiger partial charge in [-0.05, 0) is 24.3 Å². The Balaban J connectivity index is 2.01. The zero-order chi connectivity index (χ0) is 16.4. The molecule has 23 heavy (non-hydrogen) atoms. The molecule has 0 radical (unpaired) electrons.